The van der Waals surface area contributed by atoms with Gasteiger partial charge in [0.1, 0.15) is 0 Å². The summed E-state index contributed by atoms with van der Waals surface area (Å²) in [4.78, 5) is 24.2. The highest BCUT2D eigenvalue weighted by atomic mass is 32.2. The summed E-state index contributed by atoms with van der Waals surface area (Å²) in [5, 5.41) is 2.94. The van der Waals surface area contributed by atoms with Crippen LogP contribution >= 0.6 is 0 Å². The largest absolute Gasteiger partial charge is 0.448 e. The van der Waals surface area contributed by atoms with Crippen LogP contribution in [0.1, 0.15) is 48.9 Å². The van der Waals surface area contributed by atoms with Gasteiger partial charge in [-0.15, -0.1) is 0 Å². The second-order valence-electron chi connectivity index (χ2n) is 9.04. The lowest BCUT2D eigenvalue weighted by Crippen LogP contribution is -2.41. The van der Waals surface area contributed by atoms with Crippen LogP contribution in [-0.4, -0.2) is 43.4 Å². The topological polar surface area (TPSA) is 128 Å². The minimum atomic E-state index is -3.71. The molecule has 0 bridgehead atoms. The highest BCUT2D eigenvalue weighted by molar-refractivity contribution is 7.89. The molecule has 2 aromatic rings. The van der Waals surface area contributed by atoms with Gasteiger partial charge in [0, 0.05) is 49.2 Å². The molecule has 9 nitrogen and oxygen atoms in total. The SMILES string of the molecule is NC(=O)c1ccc(S(=O)(=O)N2CCC(C(=O)Nc3ccc4c(c3)OC3(CCCC3)O4)CC2)cc1. The van der Waals surface area contributed by atoms with Crippen molar-refractivity contribution in [3.05, 3.63) is 48.0 Å². The van der Waals surface area contributed by atoms with E-state index < -0.39 is 21.7 Å². The number of carbonyl (C=O) groups excluding carboxylic acids is 2. The molecule has 0 radical (unpaired) electrons. The Morgan fingerprint density at radius 2 is 1.62 bits per heavy atom. The minimum absolute atomic E-state index is 0.0980. The maximum absolute atomic E-state index is 12.9. The summed E-state index contributed by atoms with van der Waals surface area (Å²) < 4.78 is 39.3. The smallest absolute Gasteiger partial charge is 0.251 e. The number of nitrogens with zero attached hydrogens (tertiary/aromatic N) is 1. The molecule has 0 unspecified atom stereocenters. The number of nitrogens with one attached hydrogen (secondary N) is 1. The lowest BCUT2D eigenvalue weighted by molar-refractivity contribution is -0.120. The Kier molecular flexibility index (Phi) is 5.73. The summed E-state index contributed by atoms with van der Waals surface area (Å²) in [6.45, 7) is 0.475. The van der Waals surface area contributed by atoms with Gasteiger partial charge in [-0.2, -0.15) is 4.31 Å². The van der Waals surface area contributed by atoms with Gasteiger partial charge < -0.3 is 20.5 Å². The van der Waals surface area contributed by atoms with Gasteiger partial charge in [-0.1, -0.05) is 0 Å². The molecule has 0 aromatic heterocycles. The van der Waals surface area contributed by atoms with Crippen molar-refractivity contribution in [3.8, 4) is 11.5 Å². The Morgan fingerprint density at radius 3 is 2.26 bits per heavy atom. The second kappa shape index (κ2) is 8.59. The molecule has 5 rings (SSSR count). The third kappa shape index (κ3) is 4.23. The van der Waals surface area contributed by atoms with Crippen LogP contribution in [0.3, 0.4) is 0 Å². The minimum Gasteiger partial charge on any atom is -0.448 e. The van der Waals surface area contributed by atoms with Crippen molar-refractivity contribution >= 4 is 27.5 Å². The predicted molar refractivity (Wildman–Crippen MR) is 124 cm³/mol. The summed E-state index contributed by atoms with van der Waals surface area (Å²) in [5.74, 6) is -0.266. The molecular formula is C24H27N3O6S. The number of rotatable bonds is 5. The maximum atomic E-state index is 12.9. The van der Waals surface area contributed by atoms with E-state index in [0.29, 0.717) is 30.0 Å². The van der Waals surface area contributed by atoms with Crippen LogP contribution in [0.25, 0.3) is 0 Å². The molecular weight excluding hydrogens is 458 g/mol. The average Bonchev–Trinajstić information content (AvgIpc) is 3.44. The van der Waals surface area contributed by atoms with E-state index in [2.05, 4.69) is 5.32 Å². The number of carbonyl (C=O) groups is 2. The van der Waals surface area contributed by atoms with Crippen molar-refractivity contribution < 1.29 is 27.5 Å². The van der Waals surface area contributed by atoms with Crippen LogP contribution in [0.5, 0.6) is 11.5 Å². The highest BCUT2D eigenvalue weighted by Gasteiger charge is 2.44. The number of nitrogens with two attached hydrogens (primary N) is 1. The Morgan fingerprint density at radius 1 is 0.971 bits per heavy atom. The first-order chi connectivity index (χ1) is 16.3. The van der Waals surface area contributed by atoms with E-state index in [0.717, 1.165) is 25.7 Å². The summed E-state index contributed by atoms with van der Waals surface area (Å²) in [6, 6.07) is 11.0. The molecule has 1 aliphatic carbocycles. The molecule has 180 valence electrons. The van der Waals surface area contributed by atoms with Gasteiger partial charge in [-0.25, -0.2) is 8.42 Å². The average molecular weight is 486 g/mol. The zero-order chi connectivity index (χ0) is 23.9. The number of fused-ring (bicyclic) bond motifs is 1. The first-order valence-corrected chi connectivity index (χ1v) is 12.9. The molecule has 2 aliphatic heterocycles. The molecule has 2 heterocycles. The van der Waals surface area contributed by atoms with E-state index in [4.69, 9.17) is 15.2 Å². The Bertz CT molecular complexity index is 1210. The summed E-state index contributed by atoms with van der Waals surface area (Å²) in [5.41, 5.74) is 6.10. The molecule has 10 heteroatoms. The van der Waals surface area contributed by atoms with Crippen LogP contribution < -0.4 is 20.5 Å². The fraction of sp³-hybridized carbons (Fsp3) is 0.417. The summed E-state index contributed by atoms with van der Waals surface area (Å²) in [7, 11) is -3.71. The van der Waals surface area contributed by atoms with Crippen LogP contribution in [0.15, 0.2) is 47.4 Å². The monoisotopic (exact) mass is 485 g/mol. The number of benzene rings is 2. The molecule has 2 fully saturated rings. The molecule has 1 spiro atoms. The number of sulfonamides is 1. The lowest BCUT2D eigenvalue weighted by Gasteiger charge is -2.30. The fourth-order valence-electron chi connectivity index (χ4n) is 4.83. The predicted octanol–water partition coefficient (Wildman–Crippen LogP) is 2.87. The molecule has 2 aromatic carbocycles. The third-order valence-corrected chi connectivity index (χ3v) is 8.68. The van der Waals surface area contributed by atoms with Gasteiger partial charge in [0.2, 0.25) is 21.8 Å². The maximum Gasteiger partial charge on any atom is 0.251 e. The molecule has 2 amide bonds. The van der Waals surface area contributed by atoms with Crippen molar-refractivity contribution in [1.29, 1.82) is 0 Å². The zero-order valence-corrected chi connectivity index (χ0v) is 19.5. The van der Waals surface area contributed by atoms with E-state index in [1.165, 1.54) is 28.6 Å². The van der Waals surface area contributed by atoms with E-state index in [-0.39, 0.29) is 35.4 Å². The molecule has 3 aliphatic rings. The number of primary amides is 1. The third-order valence-electron chi connectivity index (χ3n) is 6.77. The van der Waals surface area contributed by atoms with Crippen LogP contribution in [0.4, 0.5) is 5.69 Å². The van der Waals surface area contributed by atoms with Crippen molar-refractivity contribution in [3.63, 3.8) is 0 Å². The molecule has 1 saturated heterocycles. The number of anilines is 1. The normalized spacial score (nSPS) is 19.9. The number of hydrogen-bond acceptors (Lipinski definition) is 6. The van der Waals surface area contributed by atoms with E-state index in [1.807, 2.05) is 6.07 Å². The fourth-order valence-corrected chi connectivity index (χ4v) is 6.30. The van der Waals surface area contributed by atoms with E-state index in [1.54, 1.807) is 12.1 Å². The van der Waals surface area contributed by atoms with Crippen LogP contribution in [-0.2, 0) is 14.8 Å². The first-order valence-electron chi connectivity index (χ1n) is 11.5. The summed E-state index contributed by atoms with van der Waals surface area (Å²) in [6.07, 6.45) is 4.70. The quantitative estimate of drug-likeness (QED) is 0.670. The summed E-state index contributed by atoms with van der Waals surface area (Å²) >= 11 is 0. The Labute approximate surface area is 198 Å². The Balaban J connectivity index is 1.18. The second-order valence-corrected chi connectivity index (χ2v) is 11.0. The number of amides is 2. The van der Waals surface area contributed by atoms with Gasteiger partial charge in [0.25, 0.3) is 5.79 Å². The molecule has 34 heavy (non-hydrogen) atoms. The van der Waals surface area contributed by atoms with Gasteiger partial charge in [0.15, 0.2) is 11.5 Å². The number of piperidine rings is 1. The van der Waals surface area contributed by atoms with Crippen molar-refractivity contribution in [2.24, 2.45) is 11.7 Å². The van der Waals surface area contributed by atoms with E-state index >= 15 is 0 Å². The van der Waals surface area contributed by atoms with E-state index in [9.17, 15) is 18.0 Å². The van der Waals surface area contributed by atoms with Crippen molar-refractivity contribution in [2.45, 2.75) is 49.2 Å². The van der Waals surface area contributed by atoms with Gasteiger partial charge >= 0.3 is 0 Å². The van der Waals surface area contributed by atoms with Crippen molar-refractivity contribution in [2.75, 3.05) is 18.4 Å². The van der Waals surface area contributed by atoms with Crippen LogP contribution in [0, 0.1) is 5.92 Å². The molecule has 0 atom stereocenters. The number of hydrogen-bond donors (Lipinski definition) is 2. The number of ether oxygens (including phenoxy) is 2. The zero-order valence-electron chi connectivity index (χ0n) is 18.7. The first kappa shape index (κ1) is 22.7. The highest BCUT2D eigenvalue weighted by Crippen LogP contribution is 2.47. The van der Waals surface area contributed by atoms with Gasteiger partial charge in [0.05, 0.1) is 4.90 Å². The molecule has 1 saturated carbocycles. The standard InChI is InChI=1S/C24H27N3O6S/c25-22(28)16-3-6-19(7-4-16)34(30,31)27-13-9-17(10-14-27)23(29)26-18-5-8-20-21(15-18)33-24(32-20)11-1-2-12-24/h3-8,15,17H,1-2,9-14H2,(H2,25,28)(H,26,29). The Hall–Kier alpha value is -3.11. The van der Waals surface area contributed by atoms with Crippen LogP contribution in [0.2, 0.25) is 0 Å². The van der Waals surface area contributed by atoms with Gasteiger partial charge in [-0.3, -0.25) is 9.59 Å². The lowest BCUT2D eigenvalue weighted by atomic mass is 9.97. The molecule has 3 N–H and O–H groups in total. The van der Waals surface area contributed by atoms with Gasteiger partial charge in [-0.05, 0) is 62.1 Å². The van der Waals surface area contributed by atoms with Crippen molar-refractivity contribution in [1.82, 2.24) is 4.31 Å².